The minimum absolute atomic E-state index is 0.282. The molecule has 0 unspecified atom stereocenters. The SMILES string of the molecule is Cc1ccc(S(=O)(=O)N2C[C@]34C=C[C@@]5(CN(S(=O)(=O)c6ccc(C)cc6)C[C@@]56C=C[C@]3(C2)c2ccccc26)c2ccccc24)cc1. The predicted molar refractivity (Wildman–Crippen MR) is 178 cm³/mol. The highest BCUT2D eigenvalue weighted by Crippen LogP contribution is 2.68. The fourth-order valence-corrected chi connectivity index (χ4v) is 12.5. The Morgan fingerprint density at radius 1 is 0.435 bits per heavy atom. The lowest BCUT2D eigenvalue weighted by Gasteiger charge is -2.59. The Labute approximate surface area is 270 Å². The first kappa shape index (κ1) is 28.4. The van der Waals surface area contributed by atoms with Crippen LogP contribution < -0.4 is 0 Å². The van der Waals surface area contributed by atoms with Gasteiger partial charge in [-0.05, 0) is 60.4 Å². The molecule has 232 valence electrons. The summed E-state index contributed by atoms with van der Waals surface area (Å²) in [4.78, 5) is 0.589. The van der Waals surface area contributed by atoms with E-state index in [1.54, 1.807) is 32.9 Å². The largest absolute Gasteiger partial charge is 0.243 e. The normalized spacial score (nSPS) is 30.8. The van der Waals surface area contributed by atoms with Crippen molar-refractivity contribution in [3.63, 3.8) is 0 Å². The van der Waals surface area contributed by atoms with Gasteiger partial charge in [-0.2, -0.15) is 8.61 Å². The summed E-state index contributed by atoms with van der Waals surface area (Å²) < 4.78 is 60.7. The Balaban J connectivity index is 1.29. The highest BCUT2D eigenvalue weighted by Gasteiger charge is 2.72. The topological polar surface area (TPSA) is 74.8 Å². The van der Waals surface area contributed by atoms with E-state index in [4.69, 9.17) is 0 Å². The van der Waals surface area contributed by atoms with Crippen molar-refractivity contribution >= 4 is 20.0 Å². The first-order valence-corrected chi connectivity index (χ1v) is 18.6. The highest BCUT2D eigenvalue weighted by molar-refractivity contribution is 7.89. The third-order valence-corrected chi connectivity index (χ3v) is 15.3. The third-order valence-electron chi connectivity index (χ3n) is 11.7. The Morgan fingerprint density at radius 3 is 0.957 bits per heavy atom. The molecule has 8 heteroatoms. The maximum atomic E-state index is 14.3. The Bertz CT molecular complexity index is 2000. The van der Waals surface area contributed by atoms with Gasteiger partial charge < -0.3 is 0 Å². The first-order valence-electron chi connectivity index (χ1n) is 15.7. The lowest BCUT2D eigenvalue weighted by atomic mass is 9.42. The summed E-state index contributed by atoms with van der Waals surface area (Å²) in [6.07, 6.45) is 8.98. The van der Waals surface area contributed by atoms with Crippen molar-refractivity contribution in [1.82, 2.24) is 8.61 Å². The molecule has 0 aromatic heterocycles. The third kappa shape index (κ3) is 3.23. The fourth-order valence-electron chi connectivity index (χ4n) is 9.41. The van der Waals surface area contributed by atoms with Crippen LogP contribution in [0.4, 0.5) is 0 Å². The number of benzene rings is 4. The summed E-state index contributed by atoms with van der Waals surface area (Å²) >= 11 is 0. The molecule has 0 radical (unpaired) electrons. The van der Waals surface area contributed by atoms with Crippen LogP contribution in [-0.4, -0.2) is 51.6 Å². The van der Waals surface area contributed by atoms with E-state index in [1.165, 1.54) is 0 Å². The number of aryl methyl sites for hydroxylation is 2. The summed E-state index contributed by atoms with van der Waals surface area (Å²) in [6, 6.07) is 30.9. The van der Waals surface area contributed by atoms with E-state index < -0.39 is 41.7 Å². The van der Waals surface area contributed by atoms with Crippen molar-refractivity contribution in [3.05, 3.63) is 155 Å². The van der Waals surface area contributed by atoms with E-state index in [-0.39, 0.29) is 26.2 Å². The molecular formula is C38H34N2O4S2. The zero-order chi connectivity index (χ0) is 31.7. The molecule has 2 aliphatic heterocycles. The minimum Gasteiger partial charge on any atom is -0.207 e. The van der Waals surface area contributed by atoms with Crippen LogP contribution in [0.5, 0.6) is 0 Å². The number of hydrogen-bond donors (Lipinski definition) is 0. The van der Waals surface area contributed by atoms with Crippen LogP contribution in [0.1, 0.15) is 33.4 Å². The van der Waals surface area contributed by atoms with Crippen LogP contribution in [0.2, 0.25) is 0 Å². The van der Waals surface area contributed by atoms with Crippen LogP contribution in [0.15, 0.2) is 131 Å². The van der Waals surface area contributed by atoms with Crippen LogP contribution in [-0.2, 0) is 41.7 Å². The molecule has 5 aliphatic rings. The molecule has 0 amide bonds. The van der Waals surface area contributed by atoms with Crippen molar-refractivity contribution in [2.45, 2.75) is 45.3 Å². The van der Waals surface area contributed by atoms with Gasteiger partial charge in [0.15, 0.2) is 0 Å². The van der Waals surface area contributed by atoms with Gasteiger partial charge >= 0.3 is 0 Å². The van der Waals surface area contributed by atoms with E-state index in [1.807, 2.05) is 62.4 Å². The molecule has 46 heavy (non-hydrogen) atoms. The molecule has 2 saturated heterocycles. The summed E-state index contributed by atoms with van der Waals surface area (Å²) in [6.45, 7) is 5.03. The van der Waals surface area contributed by atoms with Gasteiger partial charge in [-0.1, -0.05) is 108 Å². The van der Waals surface area contributed by atoms with Crippen molar-refractivity contribution < 1.29 is 16.8 Å². The molecule has 0 saturated carbocycles. The maximum Gasteiger partial charge on any atom is 0.243 e. The van der Waals surface area contributed by atoms with Gasteiger partial charge in [0.05, 0.1) is 9.79 Å². The molecule has 9 rings (SSSR count). The van der Waals surface area contributed by atoms with Gasteiger partial charge in [0.2, 0.25) is 20.0 Å². The van der Waals surface area contributed by atoms with Gasteiger partial charge in [-0.15, -0.1) is 0 Å². The standard InChI is InChI=1S/C38H34N2O4S2/c1-27-11-15-29(16-12-27)45(41,42)39-23-35-19-21-37(33-9-5-3-7-31(33)35)25-40(46(43,44)30-17-13-28(2)14-18-30)26-38(37)22-20-36(35,24-39)32-8-4-6-10-34(32)38/h3-22H,23-26H2,1-2H3/t35-,36-,37+,38+. The molecule has 4 aromatic rings. The second-order valence-electron chi connectivity index (χ2n) is 13.8. The minimum atomic E-state index is -3.81. The molecule has 0 N–H and O–H groups in total. The Morgan fingerprint density at radius 2 is 0.696 bits per heavy atom. The second kappa shape index (κ2) is 8.95. The average molecular weight is 647 g/mol. The molecule has 4 aromatic carbocycles. The number of rotatable bonds is 4. The van der Waals surface area contributed by atoms with Crippen LogP contribution in [0.25, 0.3) is 0 Å². The Kier molecular flexibility index (Phi) is 5.53. The van der Waals surface area contributed by atoms with E-state index in [0.717, 1.165) is 33.4 Å². The fraction of sp³-hybridized carbons (Fsp3) is 0.263. The molecule has 2 heterocycles. The summed E-state index contributed by atoms with van der Waals surface area (Å²) in [5.74, 6) is 0. The van der Waals surface area contributed by atoms with Gasteiger partial charge in [0, 0.05) is 47.8 Å². The van der Waals surface area contributed by atoms with Crippen molar-refractivity contribution in [2.24, 2.45) is 0 Å². The van der Waals surface area contributed by atoms with Crippen molar-refractivity contribution in [1.29, 1.82) is 0 Å². The smallest absolute Gasteiger partial charge is 0.207 e. The molecule has 4 atom stereocenters. The number of hydrogen-bond acceptors (Lipinski definition) is 4. The lowest BCUT2D eigenvalue weighted by Crippen LogP contribution is -2.60. The van der Waals surface area contributed by atoms with E-state index in [0.29, 0.717) is 9.79 Å². The summed E-state index contributed by atoms with van der Waals surface area (Å²) in [7, 11) is -7.62. The molecule has 4 bridgehead atoms. The van der Waals surface area contributed by atoms with Gasteiger partial charge in [-0.25, -0.2) is 16.8 Å². The van der Waals surface area contributed by atoms with E-state index in [9.17, 15) is 16.8 Å². The van der Waals surface area contributed by atoms with Gasteiger partial charge in [0.25, 0.3) is 0 Å². The van der Waals surface area contributed by atoms with Crippen molar-refractivity contribution in [3.8, 4) is 0 Å². The molecule has 6 nitrogen and oxygen atoms in total. The van der Waals surface area contributed by atoms with Crippen LogP contribution in [0, 0.1) is 13.8 Å². The zero-order valence-electron chi connectivity index (χ0n) is 25.7. The van der Waals surface area contributed by atoms with Gasteiger partial charge in [-0.3, -0.25) is 0 Å². The second-order valence-corrected chi connectivity index (χ2v) is 17.7. The molecular weight excluding hydrogens is 613 g/mol. The zero-order valence-corrected chi connectivity index (χ0v) is 27.4. The quantitative estimate of drug-likeness (QED) is 0.274. The van der Waals surface area contributed by atoms with E-state index >= 15 is 0 Å². The lowest BCUT2D eigenvalue weighted by molar-refractivity contribution is 0.304. The van der Waals surface area contributed by atoms with Crippen molar-refractivity contribution in [2.75, 3.05) is 26.2 Å². The monoisotopic (exact) mass is 646 g/mol. The van der Waals surface area contributed by atoms with E-state index in [2.05, 4.69) is 48.6 Å². The first-order chi connectivity index (χ1) is 22.0. The van der Waals surface area contributed by atoms with Crippen LogP contribution in [0.3, 0.4) is 0 Å². The molecule has 3 aliphatic carbocycles. The molecule has 4 spiro atoms. The summed E-state index contributed by atoms with van der Waals surface area (Å²) in [5.41, 5.74) is 3.59. The van der Waals surface area contributed by atoms with Crippen LogP contribution >= 0.6 is 0 Å². The maximum absolute atomic E-state index is 14.3. The number of nitrogens with zero attached hydrogens (tertiary/aromatic N) is 2. The van der Waals surface area contributed by atoms with Gasteiger partial charge in [0.1, 0.15) is 0 Å². The predicted octanol–water partition coefficient (Wildman–Crippen LogP) is 5.52. The highest BCUT2D eigenvalue weighted by atomic mass is 32.2. The Hall–Kier alpha value is -3.82. The summed E-state index contributed by atoms with van der Waals surface area (Å²) in [5, 5.41) is 0. The molecule has 2 fully saturated rings. The average Bonchev–Trinajstić information content (AvgIpc) is 3.55. The number of sulfonamides is 2.